The van der Waals surface area contributed by atoms with Gasteiger partial charge in [0, 0.05) is 22.7 Å². The Kier molecular flexibility index (Phi) is 3.59. The highest BCUT2D eigenvalue weighted by molar-refractivity contribution is 6.03. The Morgan fingerprint density at radius 3 is 2.75 bits per heavy atom. The summed E-state index contributed by atoms with van der Waals surface area (Å²) in [5, 5.41) is 0.833. The monoisotopic (exact) mass is 318 g/mol. The number of fused-ring (bicyclic) bond motifs is 1. The normalized spacial score (nSPS) is 10.8. The summed E-state index contributed by atoms with van der Waals surface area (Å²) < 4.78 is 10.9. The second-order valence-electron chi connectivity index (χ2n) is 5.31. The Labute approximate surface area is 137 Å². The lowest BCUT2D eigenvalue weighted by molar-refractivity contribution is 0.0441. The summed E-state index contributed by atoms with van der Waals surface area (Å²) in [6, 6.07) is 17.2. The topological polar surface area (TPSA) is 68.1 Å². The van der Waals surface area contributed by atoms with E-state index in [0.29, 0.717) is 17.2 Å². The van der Waals surface area contributed by atoms with Crippen molar-refractivity contribution in [2.24, 2.45) is 0 Å². The van der Waals surface area contributed by atoms with Crippen molar-refractivity contribution in [2.75, 3.05) is 0 Å². The van der Waals surface area contributed by atoms with E-state index in [1.807, 2.05) is 54.6 Å². The Balaban J connectivity index is 1.47. The molecular weight excluding hydrogens is 304 g/mol. The Hall–Kier alpha value is -3.34. The van der Waals surface area contributed by atoms with E-state index in [1.165, 1.54) is 0 Å². The zero-order chi connectivity index (χ0) is 16.4. The molecule has 2 aromatic carbocycles. The Morgan fingerprint density at radius 1 is 1.08 bits per heavy atom. The van der Waals surface area contributed by atoms with Crippen LogP contribution >= 0.6 is 0 Å². The number of benzene rings is 2. The van der Waals surface area contributed by atoms with Crippen LogP contribution in [0, 0.1) is 0 Å². The van der Waals surface area contributed by atoms with E-state index < -0.39 is 5.97 Å². The number of oxazole rings is 1. The smallest absolute Gasteiger partial charge is 0.340 e. The van der Waals surface area contributed by atoms with Crippen molar-refractivity contribution in [3.63, 3.8) is 0 Å². The number of hydrogen-bond donors (Lipinski definition) is 1. The average Bonchev–Trinajstić information content (AvgIpc) is 3.27. The third-order valence-corrected chi connectivity index (χ3v) is 3.75. The minimum atomic E-state index is -0.410. The summed E-state index contributed by atoms with van der Waals surface area (Å²) in [7, 11) is 0. The van der Waals surface area contributed by atoms with Gasteiger partial charge in [-0.25, -0.2) is 9.78 Å². The SMILES string of the molecule is O=C(OCc1ncc(-c2ccccc2)o1)c1c[nH]c2ccccc12. The number of carbonyl (C=O) groups is 1. The van der Waals surface area contributed by atoms with Crippen LogP contribution in [0.15, 0.2) is 71.4 Å². The lowest BCUT2D eigenvalue weighted by Crippen LogP contribution is -2.04. The van der Waals surface area contributed by atoms with Crippen LogP contribution in [-0.4, -0.2) is 15.9 Å². The number of esters is 1. The van der Waals surface area contributed by atoms with E-state index in [9.17, 15) is 4.79 Å². The predicted molar refractivity (Wildman–Crippen MR) is 89.4 cm³/mol. The molecule has 0 unspecified atom stereocenters. The molecule has 0 atom stereocenters. The lowest BCUT2D eigenvalue weighted by Gasteiger charge is -2.01. The standard InChI is InChI=1S/C19H14N2O3/c22-19(15-10-20-16-9-5-4-8-14(15)16)23-12-18-21-11-17(24-18)13-6-2-1-3-7-13/h1-11,20H,12H2. The number of H-pyrrole nitrogens is 1. The number of nitrogens with zero attached hydrogens (tertiary/aromatic N) is 1. The van der Waals surface area contributed by atoms with Gasteiger partial charge in [0.25, 0.3) is 0 Å². The van der Waals surface area contributed by atoms with E-state index in [-0.39, 0.29) is 6.61 Å². The van der Waals surface area contributed by atoms with Crippen molar-refractivity contribution in [3.05, 3.63) is 78.4 Å². The van der Waals surface area contributed by atoms with Crippen molar-refractivity contribution < 1.29 is 13.9 Å². The molecule has 0 fully saturated rings. The molecule has 0 aliphatic carbocycles. The van der Waals surface area contributed by atoms with Crippen LogP contribution in [0.5, 0.6) is 0 Å². The fraction of sp³-hybridized carbons (Fsp3) is 0.0526. The number of aromatic amines is 1. The zero-order valence-corrected chi connectivity index (χ0v) is 12.7. The molecule has 2 heterocycles. The van der Waals surface area contributed by atoms with Crippen molar-refractivity contribution >= 4 is 16.9 Å². The summed E-state index contributed by atoms with van der Waals surface area (Å²) >= 11 is 0. The third kappa shape index (κ3) is 2.67. The van der Waals surface area contributed by atoms with Gasteiger partial charge in [-0.2, -0.15) is 0 Å². The quantitative estimate of drug-likeness (QED) is 0.573. The first-order valence-electron chi connectivity index (χ1n) is 7.54. The fourth-order valence-electron chi connectivity index (χ4n) is 2.56. The van der Waals surface area contributed by atoms with Crippen LogP contribution < -0.4 is 0 Å². The van der Waals surface area contributed by atoms with E-state index in [1.54, 1.807) is 12.4 Å². The maximum atomic E-state index is 12.3. The molecule has 24 heavy (non-hydrogen) atoms. The van der Waals surface area contributed by atoms with Crippen LogP contribution in [0.4, 0.5) is 0 Å². The van der Waals surface area contributed by atoms with Gasteiger partial charge in [-0.1, -0.05) is 48.5 Å². The van der Waals surface area contributed by atoms with Crippen LogP contribution in [0.25, 0.3) is 22.2 Å². The summed E-state index contributed by atoms with van der Waals surface area (Å²) in [5.74, 6) is 0.600. The molecule has 2 aromatic heterocycles. The molecule has 1 N–H and O–H groups in total. The largest absolute Gasteiger partial charge is 0.452 e. The van der Waals surface area contributed by atoms with Crippen LogP contribution in [0.2, 0.25) is 0 Å². The van der Waals surface area contributed by atoms with Crippen molar-refractivity contribution in [1.82, 2.24) is 9.97 Å². The van der Waals surface area contributed by atoms with Gasteiger partial charge in [0.05, 0.1) is 11.8 Å². The van der Waals surface area contributed by atoms with E-state index in [2.05, 4.69) is 9.97 Å². The third-order valence-electron chi connectivity index (χ3n) is 3.75. The highest BCUT2D eigenvalue weighted by atomic mass is 16.5. The number of ether oxygens (including phenoxy) is 1. The lowest BCUT2D eigenvalue weighted by atomic mass is 10.2. The molecule has 0 aliphatic rings. The predicted octanol–water partition coefficient (Wildman–Crippen LogP) is 4.18. The minimum Gasteiger partial charge on any atom is -0.452 e. The minimum absolute atomic E-state index is 0.00876. The first-order chi connectivity index (χ1) is 11.8. The zero-order valence-electron chi connectivity index (χ0n) is 12.7. The molecule has 0 saturated carbocycles. The van der Waals surface area contributed by atoms with Crippen LogP contribution in [0.1, 0.15) is 16.2 Å². The molecule has 5 nitrogen and oxygen atoms in total. The first kappa shape index (κ1) is 14.3. The highest BCUT2D eigenvalue weighted by Crippen LogP contribution is 2.21. The van der Waals surface area contributed by atoms with Gasteiger partial charge < -0.3 is 14.1 Å². The maximum Gasteiger partial charge on any atom is 0.340 e. The number of nitrogens with one attached hydrogen (secondary N) is 1. The van der Waals surface area contributed by atoms with Gasteiger partial charge in [-0.05, 0) is 6.07 Å². The van der Waals surface area contributed by atoms with Crippen LogP contribution in [0.3, 0.4) is 0 Å². The Morgan fingerprint density at radius 2 is 1.88 bits per heavy atom. The first-order valence-corrected chi connectivity index (χ1v) is 7.54. The summed E-state index contributed by atoms with van der Waals surface area (Å²) in [6.45, 7) is -0.00876. The molecule has 5 heteroatoms. The van der Waals surface area contributed by atoms with Gasteiger partial charge in [0.2, 0.25) is 5.89 Å². The van der Waals surface area contributed by atoms with E-state index in [4.69, 9.17) is 9.15 Å². The van der Waals surface area contributed by atoms with Crippen molar-refractivity contribution in [2.45, 2.75) is 6.61 Å². The highest BCUT2D eigenvalue weighted by Gasteiger charge is 2.14. The summed E-state index contributed by atoms with van der Waals surface area (Å²) in [5.41, 5.74) is 2.33. The second kappa shape index (κ2) is 6.04. The maximum absolute atomic E-state index is 12.3. The van der Waals surface area contributed by atoms with Gasteiger partial charge in [-0.3, -0.25) is 0 Å². The number of rotatable bonds is 4. The summed E-state index contributed by atoms with van der Waals surface area (Å²) in [6.07, 6.45) is 3.28. The molecule has 0 amide bonds. The molecular formula is C19H14N2O3. The molecule has 118 valence electrons. The van der Waals surface area contributed by atoms with Crippen molar-refractivity contribution in [3.8, 4) is 11.3 Å². The van der Waals surface area contributed by atoms with Gasteiger partial charge >= 0.3 is 5.97 Å². The average molecular weight is 318 g/mol. The number of para-hydroxylation sites is 1. The van der Waals surface area contributed by atoms with Gasteiger partial charge in [0.1, 0.15) is 0 Å². The Bertz CT molecular complexity index is 986. The molecule has 0 saturated heterocycles. The molecule has 0 bridgehead atoms. The fourth-order valence-corrected chi connectivity index (χ4v) is 2.56. The number of carbonyl (C=O) groups excluding carboxylic acids is 1. The molecule has 0 radical (unpaired) electrons. The molecule has 4 aromatic rings. The molecule has 0 spiro atoms. The number of hydrogen-bond acceptors (Lipinski definition) is 4. The van der Waals surface area contributed by atoms with Gasteiger partial charge in [0.15, 0.2) is 12.4 Å². The summed E-state index contributed by atoms with van der Waals surface area (Å²) in [4.78, 5) is 19.5. The van der Waals surface area contributed by atoms with E-state index >= 15 is 0 Å². The van der Waals surface area contributed by atoms with E-state index in [0.717, 1.165) is 16.5 Å². The molecule has 4 rings (SSSR count). The van der Waals surface area contributed by atoms with Crippen molar-refractivity contribution in [1.29, 1.82) is 0 Å². The number of aromatic nitrogens is 2. The van der Waals surface area contributed by atoms with Gasteiger partial charge in [-0.15, -0.1) is 0 Å². The van der Waals surface area contributed by atoms with Crippen LogP contribution in [-0.2, 0) is 11.3 Å². The second-order valence-corrected chi connectivity index (χ2v) is 5.31. The molecule has 0 aliphatic heterocycles.